The van der Waals surface area contributed by atoms with Crippen LogP contribution in [0.15, 0.2) is 18.3 Å². The van der Waals surface area contributed by atoms with Crippen molar-refractivity contribution in [3.8, 4) is 0 Å². The van der Waals surface area contributed by atoms with Gasteiger partial charge in [0.25, 0.3) is 0 Å². The number of pyridine rings is 1. The molecule has 0 radical (unpaired) electrons. The molecule has 0 aliphatic heterocycles. The Morgan fingerprint density at radius 3 is 2.71 bits per heavy atom. The van der Waals surface area contributed by atoms with Crippen LogP contribution in [0.1, 0.15) is 18.7 Å². The van der Waals surface area contributed by atoms with Gasteiger partial charge in [-0.1, -0.05) is 0 Å². The van der Waals surface area contributed by atoms with Crippen molar-refractivity contribution in [2.24, 2.45) is 5.73 Å². The van der Waals surface area contributed by atoms with Crippen molar-refractivity contribution < 1.29 is 5.11 Å². The molecule has 0 aromatic carbocycles. The summed E-state index contributed by atoms with van der Waals surface area (Å²) in [5, 5.41) is 8.76. The van der Waals surface area contributed by atoms with E-state index in [0.717, 1.165) is 11.4 Å². The van der Waals surface area contributed by atoms with Gasteiger partial charge in [-0.3, -0.25) is 4.98 Å². The quantitative estimate of drug-likeness (QED) is 0.735. The molecule has 0 unspecified atom stereocenters. The molecule has 1 atom stereocenters. The van der Waals surface area contributed by atoms with Gasteiger partial charge in [0.15, 0.2) is 0 Å². The number of aliphatic hydroxyl groups is 1. The molecule has 14 heavy (non-hydrogen) atoms. The standard InChI is InChI=1S/C10H17N3O/c1-8(11)10-4-3-9(7-12-10)13(2)5-6-14/h3-4,7-8,14H,5-6,11H2,1-2H3/t8-/m1/s1. The first-order valence-electron chi connectivity index (χ1n) is 4.68. The van der Waals surface area contributed by atoms with Crippen molar-refractivity contribution >= 4 is 5.69 Å². The first kappa shape index (κ1) is 10.9. The third kappa shape index (κ3) is 2.68. The molecule has 1 heterocycles. The smallest absolute Gasteiger partial charge is 0.0606 e. The fourth-order valence-corrected chi connectivity index (χ4v) is 1.17. The highest BCUT2D eigenvalue weighted by Crippen LogP contribution is 2.13. The summed E-state index contributed by atoms with van der Waals surface area (Å²) < 4.78 is 0. The maximum atomic E-state index is 8.76. The molecule has 1 aromatic rings. The zero-order chi connectivity index (χ0) is 10.6. The minimum absolute atomic E-state index is 0.0350. The number of nitrogens with two attached hydrogens (primary N) is 1. The topological polar surface area (TPSA) is 62.4 Å². The van der Waals surface area contributed by atoms with Gasteiger partial charge in [0.1, 0.15) is 0 Å². The molecule has 0 spiro atoms. The van der Waals surface area contributed by atoms with Crippen molar-refractivity contribution in [3.05, 3.63) is 24.0 Å². The van der Waals surface area contributed by atoms with Crippen LogP contribution in [0.3, 0.4) is 0 Å². The summed E-state index contributed by atoms with van der Waals surface area (Å²) in [6, 6.07) is 3.84. The lowest BCUT2D eigenvalue weighted by atomic mass is 10.2. The third-order valence-corrected chi connectivity index (χ3v) is 2.11. The number of aromatic nitrogens is 1. The van der Waals surface area contributed by atoms with E-state index >= 15 is 0 Å². The number of hydrogen-bond donors (Lipinski definition) is 2. The van der Waals surface area contributed by atoms with Gasteiger partial charge in [0.05, 0.1) is 24.2 Å². The van der Waals surface area contributed by atoms with Crippen molar-refractivity contribution in [1.29, 1.82) is 0 Å². The molecule has 4 nitrogen and oxygen atoms in total. The minimum Gasteiger partial charge on any atom is -0.395 e. The Bertz CT molecular complexity index is 271. The van der Waals surface area contributed by atoms with E-state index in [1.807, 2.05) is 31.0 Å². The summed E-state index contributed by atoms with van der Waals surface area (Å²) in [4.78, 5) is 6.18. The van der Waals surface area contributed by atoms with Crippen LogP contribution in [0, 0.1) is 0 Å². The van der Waals surface area contributed by atoms with Crippen LogP contribution in [0.2, 0.25) is 0 Å². The number of nitrogens with zero attached hydrogens (tertiary/aromatic N) is 2. The lowest BCUT2D eigenvalue weighted by molar-refractivity contribution is 0.304. The SMILES string of the molecule is C[C@@H](N)c1ccc(N(C)CCO)cn1. The Hall–Kier alpha value is -1.13. The van der Waals surface area contributed by atoms with Gasteiger partial charge >= 0.3 is 0 Å². The van der Waals surface area contributed by atoms with Crippen LogP contribution in [-0.2, 0) is 0 Å². The second kappa shape index (κ2) is 4.93. The molecule has 0 aliphatic rings. The molecule has 0 bridgehead atoms. The lowest BCUT2D eigenvalue weighted by Gasteiger charge is -2.17. The highest BCUT2D eigenvalue weighted by atomic mass is 16.3. The lowest BCUT2D eigenvalue weighted by Crippen LogP contribution is -2.21. The summed E-state index contributed by atoms with van der Waals surface area (Å²) in [5.41, 5.74) is 7.55. The number of rotatable bonds is 4. The summed E-state index contributed by atoms with van der Waals surface area (Å²) in [7, 11) is 1.92. The summed E-state index contributed by atoms with van der Waals surface area (Å²) in [5.74, 6) is 0. The largest absolute Gasteiger partial charge is 0.395 e. The molecule has 0 aliphatic carbocycles. The van der Waals surface area contributed by atoms with Crippen LogP contribution >= 0.6 is 0 Å². The zero-order valence-electron chi connectivity index (χ0n) is 8.64. The first-order valence-corrected chi connectivity index (χ1v) is 4.68. The first-order chi connectivity index (χ1) is 6.65. The Labute approximate surface area is 84.4 Å². The van der Waals surface area contributed by atoms with Crippen LogP contribution < -0.4 is 10.6 Å². The van der Waals surface area contributed by atoms with E-state index in [1.54, 1.807) is 6.20 Å². The molecule has 1 rings (SSSR count). The molecule has 4 heteroatoms. The van der Waals surface area contributed by atoms with Crippen LogP contribution in [0.4, 0.5) is 5.69 Å². The van der Waals surface area contributed by atoms with Gasteiger partial charge in [-0.25, -0.2) is 0 Å². The Balaban J connectivity index is 2.72. The second-order valence-corrected chi connectivity index (χ2v) is 3.38. The molecule has 0 fully saturated rings. The van der Waals surface area contributed by atoms with Gasteiger partial charge < -0.3 is 15.7 Å². The molecule has 3 N–H and O–H groups in total. The highest BCUT2D eigenvalue weighted by Gasteiger charge is 2.03. The molecule has 78 valence electrons. The van der Waals surface area contributed by atoms with Crippen molar-refractivity contribution in [1.82, 2.24) is 4.98 Å². The molecule has 1 aromatic heterocycles. The highest BCUT2D eigenvalue weighted by molar-refractivity contribution is 5.43. The number of hydrogen-bond acceptors (Lipinski definition) is 4. The predicted molar refractivity (Wildman–Crippen MR) is 57.2 cm³/mol. The third-order valence-electron chi connectivity index (χ3n) is 2.11. The van der Waals surface area contributed by atoms with Gasteiger partial charge in [0.2, 0.25) is 0 Å². The molecule has 0 amide bonds. The Morgan fingerprint density at radius 2 is 2.29 bits per heavy atom. The maximum Gasteiger partial charge on any atom is 0.0606 e. The number of aliphatic hydroxyl groups excluding tert-OH is 1. The van der Waals surface area contributed by atoms with Gasteiger partial charge in [-0.05, 0) is 19.1 Å². The van der Waals surface area contributed by atoms with E-state index in [0.29, 0.717) is 6.54 Å². The van der Waals surface area contributed by atoms with E-state index < -0.39 is 0 Å². The van der Waals surface area contributed by atoms with Crippen LogP contribution in [-0.4, -0.2) is 30.3 Å². The van der Waals surface area contributed by atoms with Gasteiger partial charge in [0, 0.05) is 19.6 Å². The van der Waals surface area contributed by atoms with E-state index in [4.69, 9.17) is 10.8 Å². The van der Waals surface area contributed by atoms with Gasteiger partial charge in [-0.2, -0.15) is 0 Å². The number of anilines is 1. The molecule has 0 saturated carbocycles. The van der Waals surface area contributed by atoms with E-state index in [2.05, 4.69) is 4.98 Å². The fourth-order valence-electron chi connectivity index (χ4n) is 1.17. The van der Waals surface area contributed by atoms with Gasteiger partial charge in [-0.15, -0.1) is 0 Å². The average Bonchev–Trinajstić information content (AvgIpc) is 2.18. The summed E-state index contributed by atoms with van der Waals surface area (Å²) >= 11 is 0. The minimum atomic E-state index is -0.0350. The van der Waals surface area contributed by atoms with E-state index in [1.165, 1.54) is 0 Å². The van der Waals surface area contributed by atoms with Crippen LogP contribution in [0.25, 0.3) is 0 Å². The second-order valence-electron chi connectivity index (χ2n) is 3.38. The van der Waals surface area contributed by atoms with E-state index in [-0.39, 0.29) is 12.6 Å². The molecular formula is C10H17N3O. The average molecular weight is 195 g/mol. The monoisotopic (exact) mass is 195 g/mol. The summed E-state index contributed by atoms with van der Waals surface area (Å²) in [6.45, 7) is 2.66. The predicted octanol–water partition coefficient (Wildman–Crippen LogP) is 0.530. The Morgan fingerprint density at radius 1 is 1.57 bits per heavy atom. The van der Waals surface area contributed by atoms with Crippen molar-refractivity contribution in [2.75, 3.05) is 25.1 Å². The fraction of sp³-hybridized carbons (Fsp3) is 0.500. The zero-order valence-corrected chi connectivity index (χ0v) is 8.64. The molecule has 0 saturated heterocycles. The van der Waals surface area contributed by atoms with Crippen molar-refractivity contribution in [2.45, 2.75) is 13.0 Å². The summed E-state index contributed by atoms with van der Waals surface area (Å²) in [6.07, 6.45) is 1.77. The molecular weight excluding hydrogens is 178 g/mol. The number of likely N-dealkylation sites (N-methyl/N-ethyl adjacent to an activating group) is 1. The normalized spacial score (nSPS) is 12.6. The van der Waals surface area contributed by atoms with E-state index in [9.17, 15) is 0 Å². The van der Waals surface area contributed by atoms with Crippen LogP contribution in [0.5, 0.6) is 0 Å². The Kier molecular flexibility index (Phi) is 3.85. The maximum absolute atomic E-state index is 8.76. The van der Waals surface area contributed by atoms with Crippen molar-refractivity contribution in [3.63, 3.8) is 0 Å².